The first-order chi connectivity index (χ1) is 4.83. The molecule has 0 aromatic carbocycles. The van der Waals surface area contributed by atoms with E-state index >= 15 is 0 Å². The number of hydrogen-bond acceptors (Lipinski definition) is 4. The van der Waals surface area contributed by atoms with Crippen molar-refractivity contribution in [3.05, 3.63) is 23.0 Å². The highest BCUT2D eigenvalue weighted by atomic mass is 32.2. The second-order valence-corrected chi connectivity index (χ2v) is 2.12. The van der Waals surface area contributed by atoms with Crippen molar-refractivity contribution in [3.8, 4) is 0 Å². The molecule has 0 aliphatic heterocycles. The third-order valence-electron chi connectivity index (χ3n) is 0.394. The number of allylic oxidation sites excluding steroid dienone is 2. The zero-order valence-corrected chi connectivity index (χ0v) is 7.65. The van der Waals surface area contributed by atoms with Crippen LogP contribution in [-0.4, -0.2) is 9.11 Å². The second-order valence-electron chi connectivity index (χ2n) is 1.15. The summed E-state index contributed by atoms with van der Waals surface area (Å²) in [6.07, 6.45) is 3.54. The Balaban J connectivity index is 0. The van der Waals surface area contributed by atoms with Gasteiger partial charge in [0.15, 0.2) is 0 Å². The van der Waals surface area contributed by atoms with Gasteiger partial charge < -0.3 is 9.11 Å². The van der Waals surface area contributed by atoms with Gasteiger partial charge >= 0.3 is 0 Å². The molecule has 0 heterocycles. The molecule has 0 unspecified atom stereocenters. The van der Waals surface area contributed by atoms with Crippen molar-refractivity contribution >= 4 is 24.1 Å². The van der Waals surface area contributed by atoms with Crippen LogP contribution in [0.3, 0.4) is 0 Å². The van der Waals surface area contributed by atoms with Crippen LogP contribution in [-0.2, 0) is 0 Å². The lowest BCUT2D eigenvalue weighted by molar-refractivity contribution is 0.670. The Morgan fingerprint density at radius 3 is 1.20 bits per heavy atom. The van der Waals surface area contributed by atoms with Gasteiger partial charge in [-0.25, -0.2) is 0 Å². The highest BCUT2D eigenvalue weighted by Crippen LogP contribution is 1.89. The molecule has 0 spiro atoms. The van der Waals surface area contributed by atoms with Gasteiger partial charge in [-0.2, -0.15) is 0 Å². The maximum atomic E-state index is 7.90. The van der Waals surface area contributed by atoms with Gasteiger partial charge in [-0.3, -0.25) is 0 Å². The molecule has 0 aromatic heterocycles. The standard InChI is InChI=1S/2C3H6OS/c2*1-2-3-5-4/h2*2-4H,1H3. The van der Waals surface area contributed by atoms with Crippen LogP contribution in [0.4, 0.5) is 0 Å². The predicted molar refractivity (Wildman–Crippen MR) is 50.1 cm³/mol. The van der Waals surface area contributed by atoms with Crippen LogP contribution >= 0.6 is 24.1 Å². The van der Waals surface area contributed by atoms with Crippen LogP contribution in [0.1, 0.15) is 13.8 Å². The first kappa shape index (κ1) is 12.7. The fourth-order valence-corrected chi connectivity index (χ4v) is 0.365. The highest BCUT2D eigenvalue weighted by Gasteiger charge is 1.54. The molecule has 10 heavy (non-hydrogen) atoms. The zero-order valence-electron chi connectivity index (χ0n) is 6.02. The first-order valence-electron chi connectivity index (χ1n) is 2.66. The van der Waals surface area contributed by atoms with Crippen molar-refractivity contribution < 1.29 is 9.11 Å². The summed E-state index contributed by atoms with van der Waals surface area (Å²) in [5.74, 6) is 0. The molecule has 60 valence electrons. The largest absolute Gasteiger partial charge is 0.326 e. The van der Waals surface area contributed by atoms with E-state index < -0.39 is 0 Å². The lowest BCUT2D eigenvalue weighted by Crippen LogP contribution is -1.36. The Hall–Kier alpha value is 0.1000. The summed E-state index contributed by atoms with van der Waals surface area (Å²) in [5.41, 5.74) is 0. The van der Waals surface area contributed by atoms with Crippen LogP contribution in [0.15, 0.2) is 23.0 Å². The summed E-state index contributed by atoms with van der Waals surface area (Å²) in [6, 6.07) is 0. The maximum Gasteiger partial charge on any atom is 0.0159 e. The molecule has 0 saturated carbocycles. The van der Waals surface area contributed by atoms with Crippen molar-refractivity contribution in [1.82, 2.24) is 0 Å². The van der Waals surface area contributed by atoms with E-state index in [-0.39, 0.29) is 0 Å². The molecule has 0 fully saturated rings. The van der Waals surface area contributed by atoms with E-state index in [0.717, 1.165) is 24.1 Å². The molecule has 2 N–H and O–H groups in total. The van der Waals surface area contributed by atoms with Gasteiger partial charge in [0.25, 0.3) is 0 Å². The Labute approximate surface area is 70.4 Å². The van der Waals surface area contributed by atoms with Crippen molar-refractivity contribution in [3.63, 3.8) is 0 Å². The summed E-state index contributed by atoms with van der Waals surface area (Å²) in [7, 11) is 0. The Morgan fingerprint density at radius 1 is 0.900 bits per heavy atom. The SMILES string of the molecule is CC=CSO.CC=CSO. The minimum absolute atomic E-state index is 0.721. The van der Waals surface area contributed by atoms with Crippen molar-refractivity contribution in [2.75, 3.05) is 0 Å². The van der Waals surface area contributed by atoms with Crippen LogP contribution in [0.5, 0.6) is 0 Å². The van der Waals surface area contributed by atoms with E-state index in [1.807, 2.05) is 13.8 Å². The van der Waals surface area contributed by atoms with Gasteiger partial charge in [-0.05, 0) is 24.7 Å². The van der Waals surface area contributed by atoms with Gasteiger partial charge in [0.05, 0.1) is 0 Å². The summed E-state index contributed by atoms with van der Waals surface area (Å²) in [5, 5.41) is 3.19. The lowest BCUT2D eigenvalue weighted by atomic mass is 10.8. The molecular formula is C6H12O2S2. The van der Waals surface area contributed by atoms with E-state index in [4.69, 9.17) is 9.11 Å². The van der Waals surface area contributed by atoms with Crippen molar-refractivity contribution in [2.24, 2.45) is 0 Å². The molecule has 0 radical (unpaired) electrons. The second kappa shape index (κ2) is 16.0. The van der Waals surface area contributed by atoms with Crippen LogP contribution in [0.2, 0.25) is 0 Å². The predicted octanol–water partition coefficient (Wildman–Crippen LogP) is 3.45. The molecule has 0 bridgehead atoms. The average molecular weight is 180 g/mol. The van der Waals surface area contributed by atoms with Crippen LogP contribution < -0.4 is 0 Å². The molecule has 2 nitrogen and oxygen atoms in total. The van der Waals surface area contributed by atoms with Gasteiger partial charge in [0.2, 0.25) is 0 Å². The van der Waals surface area contributed by atoms with Gasteiger partial charge in [0.1, 0.15) is 0 Å². The lowest BCUT2D eigenvalue weighted by Gasteiger charge is -1.64. The summed E-state index contributed by atoms with van der Waals surface area (Å²) < 4.78 is 15.8. The molecule has 0 aromatic rings. The van der Waals surface area contributed by atoms with Gasteiger partial charge in [0, 0.05) is 24.1 Å². The summed E-state index contributed by atoms with van der Waals surface area (Å²) in [6.45, 7) is 3.70. The van der Waals surface area contributed by atoms with Crippen molar-refractivity contribution in [2.45, 2.75) is 13.8 Å². The molecule has 0 aliphatic rings. The molecular weight excluding hydrogens is 168 g/mol. The van der Waals surface area contributed by atoms with E-state index in [0.29, 0.717) is 0 Å². The molecule has 0 saturated heterocycles. The molecule has 0 atom stereocenters. The Morgan fingerprint density at radius 2 is 1.20 bits per heavy atom. The maximum absolute atomic E-state index is 7.90. The normalized spacial score (nSPS) is 10.0. The average Bonchev–Trinajstić information content (AvgIpc) is 1.93. The minimum Gasteiger partial charge on any atom is -0.326 e. The topological polar surface area (TPSA) is 40.5 Å². The summed E-state index contributed by atoms with van der Waals surface area (Å²) >= 11 is 1.44. The smallest absolute Gasteiger partial charge is 0.0159 e. The van der Waals surface area contributed by atoms with Crippen LogP contribution in [0.25, 0.3) is 0 Å². The van der Waals surface area contributed by atoms with E-state index in [1.54, 1.807) is 23.0 Å². The quantitative estimate of drug-likeness (QED) is 0.638. The number of hydrogen-bond donors (Lipinski definition) is 2. The van der Waals surface area contributed by atoms with Gasteiger partial charge in [-0.1, -0.05) is 12.2 Å². The third-order valence-corrected chi connectivity index (χ3v) is 1.18. The monoisotopic (exact) mass is 180 g/mol. The minimum atomic E-state index is 0.721. The Kier molecular flexibility index (Phi) is 20.5. The molecule has 0 rings (SSSR count). The van der Waals surface area contributed by atoms with Crippen molar-refractivity contribution in [1.29, 1.82) is 0 Å². The summed E-state index contributed by atoms with van der Waals surface area (Å²) in [4.78, 5) is 0. The van der Waals surface area contributed by atoms with E-state index in [9.17, 15) is 0 Å². The molecule has 0 aliphatic carbocycles. The third kappa shape index (κ3) is 24.3. The van der Waals surface area contributed by atoms with E-state index in [1.165, 1.54) is 0 Å². The van der Waals surface area contributed by atoms with E-state index in [2.05, 4.69) is 0 Å². The first-order valence-corrected chi connectivity index (χ1v) is 4.33. The van der Waals surface area contributed by atoms with Crippen LogP contribution in [0, 0.1) is 0 Å². The zero-order chi connectivity index (χ0) is 8.24. The fraction of sp³-hybridized carbons (Fsp3) is 0.333. The Bertz CT molecular complexity index is 79.7. The number of rotatable bonds is 2. The molecule has 4 heteroatoms. The highest BCUT2D eigenvalue weighted by molar-refractivity contribution is 7.96. The fourth-order valence-electron chi connectivity index (χ4n) is 0.122. The molecule has 0 amide bonds. The van der Waals surface area contributed by atoms with Gasteiger partial charge in [-0.15, -0.1) is 0 Å².